The summed E-state index contributed by atoms with van der Waals surface area (Å²) in [6.07, 6.45) is 1.99. The molecule has 0 aliphatic carbocycles. The van der Waals surface area contributed by atoms with Gasteiger partial charge in [-0.25, -0.2) is 0 Å². The number of amides is 1. The second kappa shape index (κ2) is 9.41. The van der Waals surface area contributed by atoms with Crippen molar-refractivity contribution < 1.29 is 4.79 Å². The highest BCUT2D eigenvalue weighted by Gasteiger charge is 2.03. The number of aryl methyl sites for hydroxylation is 3. The number of carbonyl (C=O) groups is 1. The minimum Gasteiger partial charge on any atom is -0.355 e. The molecule has 1 N–H and O–H groups in total. The fourth-order valence-electron chi connectivity index (χ4n) is 2.35. The van der Waals surface area contributed by atoms with Crippen LogP contribution < -0.4 is 5.32 Å². The van der Waals surface area contributed by atoms with E-state index in [2.05, 4.69) is 55.6 Å². The van der Waals surface area contributed by atoms with Crippen molar-refractivity contribution in [2.24, 2.45) is 0 Å². The Kier molecular flexibility index (Phi) is 7.21. The minimum atomic E-state index is 0.132. The molecule has 0 aliphatic heterocycles. The van der Waals surface area contributed by atoms with Crippen LogP contribution >= 0.6 is 11.8 Å². The van der Waals surface area contributed by atoms with Crippen LogP contribution in [0.4, 0.5) is 0 Å². The Morgan fingerprint density at radius 3 is 2.52 bits per heavy atom. The van der Waals surface area contributed by atoms with Crippen molar-refractivity contribution in [3.05, 3.63) is 70.8 Å². The van der Waals surface area contributed by atoms with Crippen molar-refractivity contribution in [3.63, 3.8) is 0 Å². The van der Waals surface area contributed by atoms with Gasteiger partial charge < -0.3 is 5.32 Å². The summed E-state index contributed by atoms with van der Waals surface area (Å²) in [5.74, 6) is 1.55. The van der Waals surface area contributed by atoms with Crippen LogP contribution in [0.3, 0.4) is 0 Å². The van der Waals surface area contributed by atoms with Crippen LogP contribution in [-0.4, -0.2) is 18.2 Å². The van der Waals surface area contributed by atoms with Gasteiger partial charge in [0.1, 0.15) is 0 Å². The average molecular weight is 327 g/mol. The van der Waals surface area contributed by atoms with E-state index in [4.69, 9.17) is 0 Å². The molecule has 0 saturated heterocycles. The summed E-state index contributed by atoms with van der Waals surface area (Å²) >= 11 is 1.67. The van der Waals surface area contributed by atoms with Crippen molar-refractivity contribution in [3.8, 4) is 0 Å². The molecule has 0 bridgehead atoms. The zero-order chi connectivity index (χ0) is 16.5. The first-order valence-corrected chi connectivity index (χ1v) is 9.25. The zero-order valence-electron chi connectivity index (χ0n) is 14.0. The highest BCUT2D eigenvalue weighted by Crippen LogP contribution is 2.15. The molecule has 2 nitrogen and oxygen atoms in total. The van der Waals surface area contributed by atoms with Gasteiger partial charge in [0.15, 0.2) is 0 Å². The van der Waals surface area contributed by atoms with Crippen LogP contribution in [0, 0.1) is 13.8 Å². The quantitative estimate of drug-likeness (QED) is 0.733. The maximum atomic E-state index is 11.8. The Labute approximate surface area is 143 Å². The molecule has 0 saturated carbocycles. The topological polar surface area (TPSA) is 29.1 Å². The molecule has 0 fully saturated rings. The molecule has 2 rings (SSSR count). The van der Waals surface area contributed by atoms with Crippen molar-refractivity contribution in [1.29, 1.82) is 0 Å². The summed E-state index contributed by atoms with van der Waals surface area (Å²) in [7, 11) is 0. The smallest absolute Gasteiger partial charge is 0.230 e. The Morgan fingerprint density at radius 2 is 1.78 bits per heavy atom. The Morgan fingerprint density at radius 1 is 1.04 bits per heavy atom. The molecule has 23 heavy (non-hydrogen) atoms. The van der Waals surface area contributed by atoms with Crippen LogP contribution in [0.15, 0.2) is 48.5 Å². The summed E-state index contributed by atoms with van der Waals surface area (Å²) in [5.41, 5.74) is 5.22. The molecule has 0 heterocycles. The first-order valence-electron chi connectivity index (χ1n) is 8.09. The number of hydrogen-bond acceptors (Lipinski definition) is 2. The van der Waals surface area contributed by atoms with Crippen LogP contribution in [0.25, 0.3) is 0 Å². The van der Waals surface area contributed by atoms with E-state index in [1.54, 1.807) is 11.8 Å². The molecule has 0 unspecified atom stereocenters. The summed E-state index contributed by atoms with van der Waals surface area (Å²) in [6.45, 7) is 4.96. The third kappa shape index (κ3) is 6.49. The predicted molar refractivity (Wildman–Crippen MR) is 99.9 cm³/mol. The number of benzene rings is 2. The Balaban J connectivity index is 1.58. The monoisotopic (exact) mass is 327 g/mol. The van der Waals surface area contributed by atoms with E-state index < -0.39 is 0 Å². The standard InChI is InChI=1S/C20H25NOS/c1-16-9-11-18(12-10-16)7-5-13-21-20(22)15-23-14-19-8-4-3-6-17(19)2/h3-4,6,8-12H,5,7,13-15H2,1-2H3,(H,21,22). The Bertz CT molecular complexity index is 622. The van der Waals surface area contributed by atoms with Gasteiger partial charge in [-0.15, -0.1) is 11.8 Å². The van der Waals surface area contributed by atoms with E-state index in [9.17, 15) is 4.79 Å². The first-order chi connectivity index (χ1) is 11.1. The zero-order valence-corrected chi connectivity index (χ0v) is 14.8. The largest absolute Gasteiger partial charge is 0.355 e. The van der Waals surface area contributed by atoms with Gasteiger partial charge in [0.25, 0.3) is 0 Å². The Hall–Kier alpha value is -1.74. The number of hydrogen-bond donors (Lipinski definition) is 1. The third-order valence-corrected chi connectivity index (χ3v) is 4.82. The molecule has 0 aromatic heterocycles. The van der Waals surface area contributed by atoms with Crippen LogP contribution in [-0.2, 0) is 17.0 Å². The SMILES string of the molecule is Cc1ccc(CCCNC(=O)CSCc2ccccc2C)cc1. The third-order valence-electron chi connectivity index (χ3n) is 3.84. The molecule has 0 spiro atoms. The lowest BCUT2D eigenvalue weighted by Crippen LogP contribution is -2.26. The minimum absolute atomic E-state index is 0.132. The molecular weight excluding hydrogens is 302 g/mol. The van der Waals surface area contributed by atoms with Crippen LogP contribution in [0.2, 0.25) is 0 Å². The molecule has 0 aliphatic rings. The van der Waals surface area contributed by atoms with Gasteiger partial charge in [-0.2, -0.15) is 0 Å². The normalized spacial score (nSPS) is 10.5. The molecule has 2 aromatic carbocycles. The summed E-state index contributed by atoms with van der Waals surface area (Å²) < 4.78 is 0. The molecular formula is C20H25NOS. The molecule has 3 heteroatoms. The van der Waals surface area contributed by atoms with E-state index in [-0.39, 0.29) is 5.91 Å². The van der Waals surface area contributed by atoms with Crippen molar-refractivity contribution in [1.82, 2.24) is 5.32 Å². The number of nitrogens with one attached hydrogen (secondary N) is 1. The fraction of sp³-hybridized carbons (Fsp3) is 0.350. The maximum absolute atomic E-state index is 11.8. The van der Waals surface area contributed by atoms with Gasteiger partial charge in [0.2, 0.25) is 5.91 Å². The summed E-state index contributed by atoms with van der Waals surface area (Å²) in [5, 5.41) is 3.01. The van der Waals surface area contributed by atoms with Crippen LogP contribution in [0.5, 0.6) is 0 Å². The van der Waals surface area contributed by atoms with Gasteiger partial charge in [0.05, 0.1) is 5.75 Å². The molecule has 1 amide bonds. The van der Waals surface area contributed by atoms with Gasteiger partial charge in [-0.3, -0.25) is 4.79 Å². The highest BCUT2D eigenvalue weighted by molar-refractivity contribution is 7.99. The second-order valence-corrected chi connectivity index (χ2v) is 6.84. The summed E-state index contributed by atoms with van der Waals surface area (Å²) in [4.78, 5) is 11.8. The van der Waals surface area contributed by atoms with E-state index >= 15 is 0 Å². The predicted octanol–water partition coefficient (Wildman–Crippen LogP) is 4.29. The highest BCUT2D eigenvalue weighted by atomic mass is 32.2. The number of carbonyl (C=O) groups excluding carboxylic acids is 1. The molecule has 0 radical (unpaired) electrons. The second-order valence-electron chi connectivity index (χ2n) is 5.86. The average Bonchev–Trinajstić information content (AvgIpc) is 2.55. The summed E-state index contributed by atoms with van der Waals surface area (Å²) in [6, 6.07) is 16.9. The van der Waals surface area contributed by atoms with Gasteiger partial charge >= 0.3 is 0 Å². The maximum Gasteiger partial charge on any atom is 0.230 e. The van der Waals surface area contributed by atoms with E-state index in [1.807, 2.05) is 12.1 Å². The van der Waals surface area contributed by atoms with Crippen molar-refractivity contribution >= 4 is 17.7 Å². The number of thioether (sulfide) groups is 1. The van der Waals surface area contributed by atoms with Crippen LogP contribution in [0.1, 0.15) is 28.7 Å². The van der Waals surface area contributed by atoms with E-state index in [0.29, 0.717) is 5.75 Å². The van der Waals surface area contributed by atoms with Gasteiger partial charge in [-0.05, 0) is 43.4 Å². The lowest BCUT2D eigenvalue weighted by Gasteiger charge is -2.07. The van der Waals surface area contributed by atoms with Gasteiger partial charge in [-0.1, -0.05) is 54.1 Å². The lowest BCUT2D eigenvalue weighted by molar-refractivity contribution is -0.118. The lowest BCUT2D eigenvalue weighted by atomic mass is 10.1. The van der Waals surface area contributed by atoms with E-state index in [0.717, 1.165) is 25.1 Å². The molecule has 122 valence electrons. The number of rotatable bonds is 8. The van der Waals surface area contributed by atoms with Gasteiger partial charge in [0, 0.05) is 12.3 Å². The van der Waals surface area contributed by atoms with E-state index in [1.165, 1.54) is 22.3 Å². The van der Waals surface area contributed by atoms with Crippen molar-refractivity contribution in [2.45, 2.75) is 32.4 Å². The molecule has 2 aromatic rings. The first kappa shape index (κ1) is 17.6. The van der Waals surface area contributed by atoms with Crippen molar-refractivity contribution in [2.75, 3.05) is 12.3 Å². The molecule has 0 atom stereocenters. The fourth-order valence-corrected chi connectivity index (χ4v) is 3.29.